The fourth-order valence-corrected chi connectivity index (χ4v) is 7.94. The highest BCUT2D eigenvalue weighted by Gasteiger charge is 2.57. The summed E-state index contributed by atoms with van der Waals surface area (Å²) in [7, 11) is 1.39. The Labute approximate surface area is 263 Å². The number of Topliss-reactive ketones (excluding diaryl/α,β-unsaturated/α-hetero) is 1. The lowest BCUT2D eigenvalue weighted by atomic mass is 9.59. The number of benzene rings is 2. The maximum atomic E-state index is 14.0. The van der Waals surface area contributed by atoms with Crippen LogP contribution in [0, 0.1) is 27.9 Å². The van der Waals surface area contributed by atoms with Crippen LogP contribution in [-0.2, 0) is 19.2 Å². The van der Waals surface area contributed by atoms with Gasteiger partial charge in [0.05, 0.1) is 38.5 Å². The smallest absolute Gasteiger partial charge is 0.271 e. The summed E-state index contributed by atoms with van der Waals surface area (Å²) >= 11 is 10.1. The Bertz CT molecular complexity index is 1760. The van der Waals surface area contributed by atoms with Crippen molar-refractivity contribution >= 4 is 82.5 Å². The van der Waals surface area contributed by atoms with Gasteiger partial charge in [-0.25, -0.2) is 4.90 Å². The quantitative estimate of drug-likeness (QED) is 0.135. The predicted octanol–water partition coefficient (Wildman–Crippen LogP) is 5.80. The fourth-order valence-electron chi connectivity index (χ4n) is 6.54. The maximum absolute atomic E-state index is 14.0. The van der Waals surface area contributed by atoms with Gasteiger partial charge in [-0.05, 0) is 84.2 Å². The number of carbonyl (C=O) groups is 4. The highest BCUT2D eigenvalue weighted by atomic mass is 79.9. The van der Waals surface area contributed by atoms with Crippen molar-refractivity contribution in [1.82, 2.24) is 0 Å². The van der Waals surface area contributed by atoms with Gasteiger partial charge in [-0.2, -0.15) is 0 Å². The average molecular weight is 763 g/mol. The molecule has 1 saturated heterocycles. The van der Waals surface area contributed by atoms with Crippen LogP contribution in [0.5, 0.6) is 11.5 Å². The summed E-state index contributed by atoms with van der Waals surface area (Å²) in [4.78, 5) is 66.4. The first kappa shape index (κ1) is 28.7. The van der Waals surface area contributed by atoms with Crippen LogP contribution in [-0.4, -0.2) is 40.5 Å². The minimum atomic E-state index is -0.859. The topological polar surface area (TPSA) is 144 Å². The maximum Gasteiger partial charge on any atom is 0.271 e. The normalized spacial score (nSPS) is 25.1. The van der Waals surface area contributed by atoms with E-state index in [4.69, 9.17) is 4.74 Å². The number of anilines is 1. The molecule has 13 heteroatoms. The standard InChI is InChI=1S/C29H19Br3N2O8/c1-42-20-9-16(24(31)25(32)27(20)37)21-13-5-6-14-22(15(13)8-17-23(21)19(35)10-18(30)26(17)36)29(39)33(28(14)38)11-3-2-4-12(7-11)34(40)41/h2-5,7,9-10,14-15,21-22,37H,6,8H2,1H3/t14-,15+,21+,22-/m0/s1. The monoisotopic (exact) mass is 760 g/mol. The lowest BCUT2D eigenvalue weighted by Gasteiger charge is -2.42. The number of ketones is 2. The number of non-ortho nitro benzene ring substituents is 1. The molecule has 4 atom stereocenters. The third-order valence-corrected chi connectivity index (χ3v) is 11.1. The van der Waals surface area contributed by atoms with Crippen molar-refractivity contribution in [2.45, 2.75) is 18.8 Å². The lowest BCUT2D eigenvalue weighted by Crippen LogP contribution is -2.39. The zero-order valence-corrected chi connectivity index (χ0v) is 26.4. The summed E-state index contributed by atoms with van der Waals surface area (Å²) in [6.07, 6.45) is 3.34. The summed E-state index contributed by atoms with van der Waals surface area (Å²) in [6.45, 7) is 0. The Morgan fingerprint density at radius 2 is 1.79 bits per heavy atom. The second-order valence-corrected chi connectivity index (χ2v) is 12.8. The van der Waals surface area contributed by atoms with Gasteiger partial charge < -0.3 is 9.84 Å². The first-order chi connectivity index (χ1) is 20.0. The molecule has 0 unspecified atom stereocenters. The number of nitro benzene ring substituents is 1. The Morgan fingerprint density at radius 3 is 2.48 bits per heavy atom. The second kappa shape index (κ2) is 10.4. The van der Waals surface area contributed by atoms with Gasteiger partial charge >= 0.3 is 0 Å². The molecule has 0 bridgehead atoms. The number of carbonyl (C=O) groups excluding carboxylic acids is 4. The molecule has 1 aliphatic heterocycles. The van der Waals surface area contributed by atoms with Gasteiger partial charge in [0.15, 0.2) is 23.1 Å². The van der Waals surface area contributed by atoms with Gasteiger partial charge in [0, 0.05) is 39.7 Å². The van der Waals surface area contributed by atoms with Crippen LogP contribution in [0.1, 0.15) is 24.3 Å². The van der Waals surface area contributed by atoms with Gasteiger partial charge in [-0.15, -0.1) is 0 Å². The SMILES string of the molecule is COc1cc([C@H]2C3=CC[C@@H]4C(=O)N(c5cccc([N+](=O)[O-])c5)C(=O)[C@@H]4[C@@H]3CC3=C2C(=O)C=C(Br)C3=O)c(Br)c(Br)c1O. The molecule has 2 aromatic carbocycles. The van der Waals surface area contributed by atoms with Gasteiger partial charge in [-0.1, -0.05) is 17.7 Å². The van der Waals surface area contributed by atoms with Crippen LogP contribution in [0.3, 0.4) is 0 Å². The molecule has 1 N–H and O–H groups in total. The summed E-state index contributed by atoms with van der Waals surface area (Å²) < 4.78 is 6.19. The molecule has 6 rings (SSSR count). The number of halogens is 3. The van der Waals surface area contributed by atoms with E-state index in [2.05, 4.69) is 47.8 Å². The van der Waals surface area contributed by atoms with E-state index >= 15 is 0 Å². The van der Waals surface area contributed by atoms with E-state index in [0.29, 0.717) is 15.6 Å². The molecule has 1 fully saturated rings. The number of imide groups is 1. The third kappa shape index (κ3) is 4.15. The van der Waals surface area contributed by atoms with Crippen molar-refractivity contribution in [3.63, 3.8) is 0 Å². The van der Waals surface area contributed by atoms with Crippen LogP contribution in [0.2, 0.25) is 0 Å². The number of allylic oxidation sites excluding steroid dienone is 6. The molecular formula is C29H19Br3N2O8. The average Bonchev–Trinajstić information content (AvgIpc) is 3.23. The molecule has 2 amide bonds. The van der Waals surface area contributed by atoms with Crippen molar-refractivity contribution in [3.8, 4) is 11.5 Å². The number of nitro groups is 1. The highest BCUT2D eigenvalue weighted by Crippen LogP contribution is 2.58. The van der Waals surface area contributed by atoms with E-state index in [1.54, 1.807) is 6.07 Å². The predicted molar refractivity (Wildman–Crippen MR) is 160 cm³/mol. The van der Waals surface area contributed by atoms with Crippen LogP contribution in [0.25, 0.3) is 0 Å². The number of fused-ring (bicyclic) bond motifs is 3. The van der Waals surface area contributed by atoms with Crippen molar-refractivity contribution < 1.29 is 33.9 Å². The number of phenolic OH excluding ortho intramolecular Hbond substituents is 1. The van der Waals surface area contributed by atoms with Crippen LogP contribution in [0.15, 0.2) is 72.6 Å². The van der Waals surface area contributed by atoms with E-state index in [1.165, 1.54) is 37.5 Å². The number of hydrogen-bond donors (Lipinski definition) is 1. The van der Waals surface area contributed by atoms with Crippen molar-refractivity contribution in [1.29, 1.82) is 0 Å². The summed E-state index contributed by atoms with van der Waals surface area (Å²) in [6, 6.07) is 6.93. The van der Waals surface area contributed by atoms with Gasteiger partial charge in [-0.3, -0.25) is 29.3 Å². The Morgan fingerprint density at radius 1 is 1.05 bits per heavy atom. The van der Waals surface area contributed by atoms with Crippen molar-refractivity contribution in [3.05, 3.63) is 88.3 Å². The number of amides is 2. The van der Waals surface area contributed by atoms with Crippen LogP contribution >= 0.6 is 47.8 Å². The fraction of sp³-hybridized carbons (Fsp3) is 0.241. The molecule has 3 aliphatic carbocycles. The minimum Gasteiger partial charge on any atom is -0.503 e. The zero-order chi connectivity index (χ0) is 30.2. The first-order valence-electron chi connectivity index (χ1n) is 12.7. The second-order valence-electron chi connectivity index (χ2n) is 10.3. The lowest BCUT2D eigenvalue weighted by molar-refractivity contribution is -0.384. The molecule has 1 heterocycles. The summed E-state index contributed by atoms with van der Waals surface area (Å²) in [5.74, 6) is -4.78. The Kier molecular flexibility index (Phi) is 7.09. The number of rotatable bonds is 4. The number of hydrogen-bond acceptors (Lipinski definition) is 8. The van der Waals surface area contributed by atoms with Gasteiger partial charge in [0.25, 0.3) is 5.69 Å². The largest absolute Gasteiger partial charge is 0.503 e. The molecule has 4 aliphatic rings. The minimum absolute atomic E-state index is 0.0577. The number of nitrogens with zero attached hydrogens (tertiary/aromatic N) is 2. The van der Waals surface area contributed by atoms with E-state index < -0.39 is 40.4 Å². The Balaban J connectivity index is 1.52. The molecule has 10 nitrogen and oxygen atoms in total. The Hall–Kier alpha value is -3.42. The number of ether oxygens (including phenoxy) is 1. The third-order valence-electron chi connectivity index (χ3n) is 8.33. The van der Waals surface area contributed by atoms with E-state index in [0.717, 1.165) is 4.90 Å². The molecule has 0 aromatic heterocycles. The van der Waals surface area contributed by atoms with E-state index in [9.17, 15) is 34.4 Å². The number of aromatic hydroxyl groups is 1. The molecule has 0 saturated carbocycles. The van der Waals surface area contributed by atoms with Gasteiger partial charge in [0.1, 0.15) is 0 Å². The molecule has 2 aromatic rings. The summed E-state index contributed by atoms with van der Waals surface area (Å²) in [5, 5.41) is 22.0. The molecule has 0 spiro atoms. The van der Waals surface area contributed by atoms with Crippen LogP contribution in [0.4, 0.5) is 11.4 Å². The van der Waals surface area contributed by atoms with Crippen molar-refractivity contribution in [2.75, 3.05) is 12.0 Å². The number of methoxy groups -OCH3 is 1. The summed E-state index contributed by atoms with van der Waals surface area (Å²) in [5.41, 5.74) is 1.58. The van der Waals surface area contributed by atoms with Crippen molar-refractivity contribution in [2.24, 2.45) is 17.8 Å². The molecule has 0 radical (unpaired) electrons. The highest BCUT2D eigenvalue weighted by molar-refractivity contribution is 9.13. The van der Waals surface area contributed by atoms with E-state index in [-0.39, 0.29) is 67.4 Å². The first-order valence-corrected chi connectivity index (χ1v) is 15.1. The zero-order valence-electron chi connectivity index (χ0n) is 21.6. The molecular weight excluding hydrogens is 744 g/mol. The number of phenols is 1. The molecule has 214 valence electrons. The van der Waals surface area contributed by atoms with Crippen LogP contribution < -0.4 is 9.64 Å². The molecule has 42 heavy (non-hydrogen) atoms. The van der Waals surface area contributed by atoms with E-state index in [1.807, 2.05) is 6.08 Å². The van der Waals surface area contributed by atoms with Gasteiger partial charge in [0.2, 0.25) is 11.8 Å².